The van der Waals surface area contributed by atoms with Gasteiger partial charge < -0.3 is 9.84 Å². The van der Waals surface area contributed by atoms with Crippen molar-refractivity contribution in [2.75, 3.05) is 24.7 Å². The summed E-state index contributed by atoms with van der Waals surface area (Å²) in [5.74, 6) is 4.73. The van der Waals surface area contributed by atoms with Gasteiger partial charge in [0.2, 0.25) is 0 Å². The molecule has 0 saturated carbocycles. The van der Waals surface area contributed by atoms with Gasteiger partial charge in [-0.3, -0.25) is 0 Å². The van der Waals surface area contributed by atoms with E-state index in [2.05, 4.69) is 11.8 Å². The van der Waals surface area contributed by atoms with Crippen LogP contribution in [0.3, 0.4) is 0 Å². The number of hydrogen-bond donors (Lipinski definition) is 1. The van der Waals surface area contributed by atoms with Crippen LogP contribution < -0.4 is 4.74 Å². The van der Waals surface area contributed by atoms with Crippen molar-refractivity contribution in [2.24, 2.45) is 0 Å². The SMILES string of the molecule is CCCS(=O)(=O)CCOc1cc(F)ccc1C#CCO. The minimum absolute atomic E-state index is 0.0560. The van der Waals surface area contributed by atoms with Crippen LogP contribution in [0.1, 0.15) is 18.9 Å². The van der Waals surface area contributed by atoms with Gasteiger partial charge in [-0.05, 0) is 18.6 Å². The second-order valence-corrected chi connectivity index (χ2v) is 6.40. The normalized spacial score (nSPS) is 10.8. The highest BCUT2D eigenvalue weighted by molar-refractivity contribution is 7.91. The van der Waals surface area contributed by atoms with E-state index < -0.39 is 15.7 Å². The number of halogens is 1. The highest BCUT2D eigenvalue weighted by atomic mass is 32.2. The number of sulfone groups is 1. The van der Waals surface area contributed by atoms with Crippen LogP contribution in [0.5, 0.6) is 5.75 Å². The van der Waals surface area contributed by atoms with Gasteiger partial charge in [0.15, 0.2) is 9.84 Å². The lowest BCUT2D eigenvalue weighted by Gasteiger charge is -2.08. The fraction of sp³-hybridized carbons (Fsp3) is 0.429. The maximum absolute atomic E-state index is 13.2. The van der Waals surface area contributed by atoms with Crippen molar-refractivity contribution in [1.29, 1.82) is 0 Å². The zero-order valence-electron chi connectivity index (χ0n) is 11.2. The first kappa shape index (κ1) is 16.5. The summed E-state index contributed by atoms with van der Waals surface area (Å²) in [6, 6.07) is 3.80. The molecule has 0 aliphatic heterocycles. The Balaban J connectivity index is 2.74. The zero-order valence-corrected chi connectivity index (χ0v) is 12.0. The molecule has 0 aromatic heterocycles. The molecule has 6 heteroatoms. The predicted octanol–water partition coefficient (Wildman–Crippen LogP) is 1.37. The molecule has 0 unspecified atom stereocenters. The fourth-order valence-corrected chi connectivity index (χ4v) is 2.71. The quantitative estimate of drug-likeness (QED) is 0.806. The zero-order chi connectivity index (χ0) is 15.0. The second kappa shape index (κ2) is 7.88. The third-order valence-electron chi connectivity index (χ3n) is 2.41. The van der Waals surface area contributed by atoms with Gasteiger partial charge in [-0.1, -0.05) is 18.8 Å². The van der Waals surface area contributed by atoms with E-state index in [-0.39, 0.29) is 30.5 Å². The molecule has 1 aromatic carbocycles. The maximum atomic E-state index is 13.2. The van der Waals surface area contributed by atoms with Crippen molar-refractivity contribution in [3.63, 3.8) is 0 Å². The first-order valence-electron chi connectivity index (χ1n) is 6.21. The molecular weight excluding hydrogens is 283 g/mol. The molecular formula is C14H17FO4S. The van der Waals surface area contributed by atoms with Crippen molar-refractivity contribution < 1.29 is 22.7 Å². The Bertz CT molecular complexity index is 599. The van der Waals surface area contributed by atoms with E-state index in [4.69, 9.17) is 9.84 Å². The van der Waals surface area contributed by atoms with E-state index in [1.807, 2.05) is 0 Å². The molecule has 0 aliphatic rings. The Kier molecular flexibility index (Phi) is 6.49. The van der Waals surface area contributed by atoms with Crippen LogP contribution in [-0.2, 0) is 9.84 Å². The summed E-state index contributed by atoms with van der Waals surface area (Å²) >= 11 is 0. The number of ether oxygens (including phenoxy) is 1. The number of aliphatic hydroxyl groups excluding tert-OH is 1. The molecule has 4 nitrogen and oxygen atoms in total. The molecule has 1 N–H and O–H groups in total. The topological polar surface area (TPSA) is 63.6 Å². The average Bonchev–Trinajstić information content (AvgIpc) is 2.37. The maximum Gasteiger partial charge on any atom is 0.153 e. The van der Waals surface area contributed by atoms with Crippen LogP contribution in [0.2, 0.25) is 0 Å². The summed E-state index contributed by atoms with van der Waals surface area (Å²) in [7, 11) is -3.14. The van der Waals surface area contributed by atoms with Gasteiger partial charge >= 0.3 is 0 Å². The average molecular weight is 300 g/mol. The van der Waals surface area contributed by atoms with E-state index in [0.717, 1.165) is 6.07 Å². The van der Waals surface area contributed by atoms with E-state index in [1.165, 1.54) is 12.1 Å². The lowest BCUT2D eigenvalue weighted by Crippen LogP contribution is -2.17. The molecule has 0 amide bonds. The standard InChI is InChI=1S/C14H17FO4S/c1-2-9-20(17,18)10-8-19-14-11-13(15)6-5-12(14)4-3-7-16/h5-6,11,16H,2,7-10H2,1H3. The lowest BCUT2D eigenvalue weighted by molar-refractivity contribution is 0.338. The fourth-order valence-electron chi connectivity index (χ4n) is 1.55. The van der Waals surface area contributed by atoms with Gasteiger partial charge in [-0.2, -0.15) is 0 Å². The molecule has 1 aromatic rings. The molecule has 110 valence electrons. The first-order chi connectivity index (χ1) is 9.48. The van der Waals surface area contributed by atoms with E-state index in [9.17, 15) is 12.8 Å². The summed E-state index contributed by atoms with van der Waals surface area (Å²) in [6.45, 7) is 1.41. The van der Waals surface area contributed by atoms with Crippen LogP contribution in [0.4, 0.5) is 4.39 Å². The van der Waals surface area contributed by atoms with Crippen molar-refractivity contribution in [1.82, 2.24) is 0 Å². The van der Waals surface area contributed by atoms with E-state index in [0.29, 0.717) is 12.0 Å². The van der Waals surface area contributed by atoms with Crippen molar-refractivity contribution >= 4 is 9.84 Å². The van der Waals surface area contributed by atoms with Gasteiger partial charge in [0, 0.05) is 6.07 Å². The van der Waals surface area contributed by atoms with Crippen LogP contribution in [0.15, 0.2) is 18.2 Å². The Morgan fingerprint density at radius 1 is 1.35 bits per heavy atom. The van der Waals surface area contributed by atoms with Crippen LogP contribution in [0.25, 0.3) is 0 Å². The Morgan fingerprint density at radius 3 is 2.75 bits per heavy atom. The summed E-state index contributed by atoms with van der Waals surface area (Å²) in [4.78, 5) is 0. The van der Waals surface area contributed by atoms with Gasteiger partial charge in [0.1, 0.15) is 24.8 Å². The number of benzene rings is 1. The summed E-state index contributed by atoms with van der Waals surface area (Å²) in [6.07, 6.45) is 0.551. The van der Waals surface area contributed by atoms with E-state index in [1.54, 1.807) is 6.92 Å². The molecule has 0 bridgehead atoms. The molecule has 0 heterocycles. The van der Waals surface area contributed by atoms with Crippen LogP contribution in [0, 0.1) is 17.7 Å². The van der Waals surface area contributed by atoms with Gasteiger partial charge in [-0.25, -0.2) is 12.8 Å². The molecule has 0 fully saturated rings. The van der Waals surface area contributed by atoms with Crippen LogP contribution >= 0.6 is 0 Å². The Labute approximate surface area is 118 Å². The monoisotopic (exact) mass is 300 g/mol. The van der Waals surface area contributed by atoms with Crippen molar-refractivity contribution in [3.05, 3.63) is 29.6 Å². The van der Waals surface area contributed by atoms with Gasteiger partial charge in [0.25, 0.3) is 0 Å². The molecule has 20 heavy (non-hydrogen) atoms. The minimum atomic E-state index is -3.14. The van der Waals surface area contributed by atoms with Crippen LogP contribution in [-0.4, -0.2) is 38.2 Å². The van der Waals surface area contributed by atoms with Crippen molar-refractivity contribution in [3.8, 4) is 17.6 Å². The second-order valence-electron chi connectivity index (χ2n) is 4.10. The van der Waals surface area contributed by atoms with Gasteiger partial charge in [-0.15, -0.1) is 0 Å². The smallest absolute Gasteiger partial charge is 0.153 e. The Hall–Kier alpha value is -1.58. The molecule has 1 rings (SSSR count). The minimum Gasteiger partial charge on any atom is -0.491 e. The molecule has 0 aliphatic carbocycles. The first-order valence-corrected chi connectivity index (χ1v) is 8.03. The predicted molar refractivity (Wildman–Crippen MR) is 74.8 cm³/mol. The summed E-state index contributed by atoms with van der Waals surface area (Å²) in [5, 5.41) is 8.65. The molecule has 0 spiro atoms. The van der Waals surface area contributed by atoms with Gasteiger partial charge in [0.05, 0.1) is 17.1 Å². The summed E-state index contributed by atoms with van der Waals surface area (Å²) < 4.78 is 41.5. The molecule has 0 atom stereocenters. The highest BCUT2D eigenvalue weighted by Crippen LogP contribution is 2.19. The molecule has 0 radical (unpaired) electrons. The number of aliphatic hydroxyl groups is 1. The highest BCUT2D eigenvalue weighted by Gasteiger charge is 2.10. The third-order valence-corrected chi connectivity index (χ3v) is 4.23. The third kappa shape index (κ3) is 5.59. The molecule has 0 saturated heterocycles. The summed E-state index contributed by atoms with van der Waals surface area (Å²) in [5.41, 5.74) is 0.410. The lowest BCUT2D eigenvalue weighted by atomic mass is 10.2. The largest absolute Gasteiger partial charge is 0.491 e. The Morgan fingerprint density at radius 2 is 2.10 bits per heavy atom. The van der Waals surface area contributed by atoms with Crippen molar-refractivity contribution in [2.45, 2.75) is 13.3 Å². The van der Waals surface area contributed by atoms with E-state index >= 15 is 0 Å². The number of rotatable bonds is 6. The number of hydrogen-bond acceptors (Lipinski definition) is 4.